The highest BCUT2D eigenvalue weighted by molar-refractivity contribution is 6.31. The number of rotatable bonds is 2. The van der Waals surface area contributed by atoms with E-state index < -0.39 is 0 Å². The van der Waals surface area contributed by atoms with Gasteiger partial charge in [-0.2, -0.15) is 0 Å². The minimum Gasteiger partial charge on any atom is -0.397 e. The number of anilines is 2. The van der Waals surface area contributed by atoms with Gasteiger partial charge in [0.05, 0.1) is 11.4 Å². The number of piperidine rings is 1. The topological polar surface area (TPSA) is 49.5 Å². The average molecular weight is 241 g/mol. The van der Waals surface area contributed by atoms with Crippen LogP contribution in [0.25, 0.3) is 0 Å². The summed E-state index contributed by atoms with van der Waals surface area (Å²) < 4.78 is 0. The Morgan fingerprint density at radius 2 is 2.06 bits per heavy atom. The van der Waals surface area contributed by atoms with E-state index in [0.717, 1.165) is 37.3 Å². The molecule has 16 heavy (non-hydrogen) atoms. The second-order valence-electron chi connectivity index (χ2n) is 4.32. The second-order valence-corrected chi connectivity index (χ2v) is 4.75. The summed E-state index contributed by atoms with van der Waals surface area (Å²) in [6.07, 6.45) is 2.03. The predicted octanol–water partition coefficient (Wildman–Crippen LogP) is 2.13. The molecule has 1 heterocycles. The maximum atomic E-state index is 9.08. The summed E-state index contributed by atoms with van der Waals surface area (Å²) in [5, 5.41) is 9.80. The van der Waals surface area contributed by atoms with E-state index in [1.165, 1.54) is 0 Å². The van der Waals surface area contributed by atoms with Crippen molar-refractivity contribution in [3.8, 4) is 0 Å². The number of benzene rings is 1. The predicted molar refractivity (Wildman–Crippen MR) is 67.9 cm³/mol. The minimum atomic E-state index is 0.291. The molecule has 3 N–H and O–H groups in total. The minimum absolute atomic E-state index is 0.291. The smallest absolute Gasteiger partial charge is 0.0614 e. The van der Waals surface area contributed by atoms with Gasteiger partial charge in [-0.3, -0.25) is 0 Å². The van der Waals surface area contributed by atoms with Crippen molar-refractivity contribution in [2.45, 2.75) is 12.8 Å². The molecule has 0 radical (unpaired) electrons. The third kappa shape index (κ3) is 2.42. The van der Waals surface area contributed by atoms with Crippen LogP contribution in [0, 0.1) is 5.92 Å². The number of hydrogen-bond acceptors (Lipinski definition) is 3. The van der Waals surface area contributed by atoms with E-state index >= 15 is 0 Å². The summed E-state index contributed by atoms with van der Waals surface area (Å²) in [7, 11) is 0. The van der Waals surface area contributed by atoms with Crippen LogP contribution in [0.5, 0.6) is 0 Å². The van der Waals surface area contributed by atoms with E-state index in [1.54, 1.807) is 6.07 Å². The first kappa shape index (κ1) is 11.6. The molecule has 0 atom stereocenters. The van der Waals surface area contributed by atoms with Crippen LogP contribution in [0.15, 0.2) is 18.2 Å². The molecular formula is C12H17ClN2O. The molecule has 1 aliphatic rings. The van der Waals surface area contributed by atoms with Crippen molar-refractivity contribution in [1.29, 1.82) is 0 Å². The molecular weight excluding hydrogens is 224 g/mol. The Labute approximate surface area is 101 Å². The van der Waals surface area contributed by atoms with Gasteiger partial charge in [0.2, 0.25) is 0 Å². The van der Waals surface area contributed by atoms with Crippen LogP contribution in [-0.2, 0) is 0 Å². The third-order valence-electron chi connectivity index (χ3n) is 3.21. The zero-order chi connectivity index (χ0) is 11.5. The molecule has 0 saturated carbocycles. The highest BCUT2D eigenvalue weighted by atomic mass is 35.5. The van der Waals surface area contributed by atoms with Gasteiger partial charge >= 0.3 is 0 Å². The van der Waals surface area contributed by atoms with Gasteiger partial charge in [-0.1, -0.05) is 11.6 Å². The lowest BCUT2D eigenvalue weighted by atomic mass is 9.97. The number of nitrogens with zero attached hydrogens (tertiary/aromatic N) is 1. The summed E-state index contributed by atoms with van der Waals surface area (Å²) in [6.45, 7) is 2.17. The third-order valence-corrected chi connectivity index (χ3v) is 3.44. The number of nitrogen functional groups attached to an aromatic ring is 1. The summed E-state index contributed by atoms with van der Waals surface area (Å²) in [4.78, 5) is 2.24. The van der Waals surface area contributed by atoms with Crippen LogP contribution in [-0.4, -0.2) is 24.8 Å². The lowest BCUT2D eigenvalue weighted by molar-refractivity contribution is 0.203. The fourth-order valence-corrected chi connectivity index (χ4v) is 2.31. The summed E-state index contributed by atoms with van der Waals surface area (Å²) in [5.74, 6) is 0.441. The standard InChI is InChI=1S/C12H17ClN2O/c13-10-1-2-11(14)12(7-10)15-5-3-9(8-16)4-6-15/h1-2,7,9,16H,3-6,8,14H2. The molecule has 4 heteroatoms. The van der Waals surface area contributed by atoms with E-state index in [1.807, 2.05) is 12.1 Å². The Kier molecular flexibility index (Phi) is 3.56. The van der Waals surface area contributed by atoms with Gasteiger partial charge in [-0.25, -0.2) is 0 Å². The molecule has 0 aromatic heterocycles. The number of hydrogen-bond donors (Lipinski definition) is 2. The van der Waals surface area contributed by atoms with Crippen molar-refractivity contribution in [2.75, 3.05) is 30.3 Å². The Morgan fingerprint density at radius 1 is 1.38 bits per heavy atom. The van der Waals surface area contributed by atoms with Gasteiger partial charge < -0.3 is 15.7 Å². The number of halogens is 1. The second kappa shape index (κ2) is 4.93. The van der Waals surface area contributed by atoms with Crippen molar-refractivity contribution < 1.29 is 5.11 Å². The van der Waals surface area contributed by atoms with Gasteiger partial charge in [0.25, 0.3) is 0 Å². The Balaban J connectivity index is 2.10. The highest BCUT2D eigenvalue weighted by Gasteiger charge is 2.19. The van der Waals surface area contributed by atoms with Crippen LogP contribution in [0.3, 0.4) is 0 Å². The molecule has 0 spiro atoms. The number of nitrogens with two attached hydrogens (primary N) is 1. The van der Waals surface area contributed by atoms with Gasteiger partial charge in [0.15, 0.2) is 0 Å². The molecule has 2 rings (SSSR count). The van der Waals surface area contributed by atoms with Crippen molar-refractivity contribution in [3.63, 3.8) is 0 Å². The van der Waals surface area contributed by atoms with Crippen molar-refractivity contribution in [3.05, 3.63) is 23.2 Å². The monoisotopic (exact) mass is 240 g/mol. The molecule has 1 aliphatic heterocycles. The molecule has 0 unspecified atom stereocenters. The Morgan fingerprint density at radius 3 is 2.69 bits per heavy atom. The number of aliphatic hydroxyl groups excluding tert-OH is 1. The van der Waals surface area contributed by atoms with Gasteiger partial charge in [0.1, 0.15) is 0 Å². The molecule has 0 amide bonds. The molecule has 1 aromatic rings. The maximum Gasteiger partial charge on any atom is 0.0614 e. The fraction of sp³-hybridized carbons (Fsp3) is 0.500. The van der Waals surface area contributed by atoms with Crippen LogP contribution in [0.1, 0.15) is 12.8 Å². The Hall–Kier alpha value is -0.930. The van der Waals surface area contributed by atoms with Gasteiger partial charge in [-0.15, -0.1) is 0 Å². The first-order chi connectivity index (χ1) is 7.70. The largest absolute Gasteiger partial charge is 0.397 e. The van der Waals surface area contributed by atoms with E-state index in [0.29, 0.717) is 17.5 Å². The summed E-state index contributed by atoms with van der Waals surface area (Å²) in [5.41, 5.74) is 7.73. The van der Waals surface area contributed by atoms with Crippen LogP contribution in [0.2, 0.25) is 5.02 Å². The summed E-state index contributed by atoms with van der Waals surface area (Å²) in [6, 6.07) is 5.56. The normalized spacial score (nSPS) is 17.8. The van der Waals surface area contributed by atoms with Gasteiger partial charge in [0, 0.05) is 24.7 Å². The van der Waals surface area contributed by atoms with E-state index in [4.69, 9.17) is 22.4 Å². The zero-order valence-electron chi connectivity index (χ0n) is 9.19. The molecule has 3 nitrogen and oxygen atoms in total. The van der Waals surface area contributed by atoms with Crippen LogP contribution in [0.4, 0.5) is 11.4 Å². The van der Waals surface area contributed by atoms with E-state index in [9.17, 15) is 0 Å². The van der Waals surface area contributed by atoms with E-state index in [2.05, 4.69) is 4.90 Å². The quantitative estimate of drug-likeness (QED) is 0.779. The van der Waals surface area contributed by atoms with Crippen molar-refractivity contribution in [2.24, 2.45) is 5.92 Å². The Bertz CT molecular complexity index is 362. The molecule has 88 valence electrons. The van der Waals surface area contributed by atoms with E-state index in [-0.39, 0.29) is 0 Å². The van der Waals surface area contributed by atoms with Crippen LogP contribution < -0.4 is 10.6 Å². The van der Waals surface area contributed by atoms with Crippen LogP contribution >= 0.6 is 11.6 Å². The molecule has 0 aliphatic carbocycles. The molecule has 1 fully saturated rings. The zero-order valence-corrected chi connectivity index (χ0v) is 9.95. The lowest BCUT2D eigenvalue weighted by Gasteiger charge is -2.33. The highest BCUT2D eigenvalue weighted by Crippen LogP contribution is 2.30. The molecule has 0 bridgehead atoms. The number of aliphatic hydroxyl groups is 1. The lowest BCUT2D eigenvalue weighted by Crippen LogP contribution is -2.35. The summed E-state index contributed by atoms with van der Waals surface area (Å²) >= 11 is 5.97. The van der Waals surface area contributed by atoms with Gasteiger partial charge in [-0.05, 0) is 37.0 Å². The first-order valence-electron chi connectivity index (χ1n) is 5.61. The SMILES string of the molecule is Nc1ccc(Cl)cc1N1CCC(CO)CC1. The maximum absolute atomic E-state index is 9.08. The van der Waals surface area contributed by atoms with Crippen molar-refractivity contribution >= 4 is 23.0 Å². The average Bonchev–Trinajstić information content (AvgIpc) is 2.32. The van der Waals surface area contributed by atoms with Crippen molar-refractivity contribution in [1.82, 2.24) is 0 Å². The first-order valence-corrected chi connectivity index (χ1v) is 5.99. The fourth-order valence-electron chi connectivity index (χ4n) is 2.15. The molecule has 1 aromatic carbocycles. The molecule has 1 saturated heterocycles.